The van der Waals surface area contributed by atoms with Crippen LogP contribution in [0.5, 0.6) is 0 Å². The van der Waals surface area contributed by atoms with Gasteiger partial charge in [-0.2, -0.15) is 4.31 Å². The summed E-state index contributed by atoms with van der Waals surface area (Å²) in [4.78, 5) is 14.9. The molecule has 2 saturated carbocycles. The van der Waals surface area contributed by atoms with E-state index >= 15 is 0 Å². The molecule has 3 aliphatic rings. The average molecular weight is 389 g/mol. The molecule has 1 heterocycles. The number of allylic oxidation sites excluding steroid dienone is 1. The minimum atomic E-state index is -3.50. The fraction of sp³-hybridized carbons (Fsp3) is 0.571. The van der Waals surface area contributed by atoms with Gasteiger partial charge in [0.2, 0.25) is 15.9 Å². The summed E-state index contributed by atoms with van der Waals surface area (Å²) < 4.78 is 27.3. The zero-order valence-electron chi connectivity index (χ0n) is 15.9. The molecule has 6 heteroatoms. The van der Waals surface area contributed by atoms with Crippen LogP contribution in [0.25, 0.3) is 0 Å². The molecule has 4 rings (SSSR count). The van der Waals surface area contributed by atoms with Crippen molar-refractivity contribution in [1.82, 2.24) is 9.21 Å². The fourth-order valence-corrected chi connectivity index (χ4v) is 5.32. The lowest BCUT2D eigenvalue weighted by Gasteiger charge is -2.21. The third-order valence-electron chi connectivity index (χ3n) is 5.81. The quantitative estimate of drug-likeness (QED) is 0.729. The second-order valence-corrected chi connectivity index (χ2v) is 10.0. The summed E-state index contributed by atoms with van der Waals surface area (Å²) in [7, 11) is -3.50. The lowest BCUT2D eigenvalue weighted by atomic mass is 10.1. The maximum atomic E-state index is 12.9. The normalized spacial score (nSPS) is 21.6. The van der Waals surface area contributed by atoms with Crippen LogP contribution in [0.15, 0.2) is 40.8 Å². The van der Waals surface area contributed by atoms with Crippen LogP contribution in [0.4, 0.5) is 0 Å². The van der Waals surface area contributed by atoms with E-state index in [-0.39, 0.29) is 5.91 Å². The van der Waals surface area contributed by atoms with Gasteiger partial charge in [0, 0.05) is 32.3 Å². The van der Waals surface area contributed by atoms with E-state index < -0.39 is 10.0 Å². The number of hydrogen-bond donors (Lipinski definition) is 0. The highest BCUT2D eigenvalue weighted by molar-refractivity contribution is 7.89. The largest absolute Gasteiger partial charge is 0.338 e. The first-order chi connectivity index (χ1) is 12.9. The van der Waals surface area contributed by atoms with E-state index in [4.69, 9.17) is 0 Å². The van der Waals surface area contributed by atoms with E-state index in [9.17, 15) is 13.2 Å². The van der Waals surface area contributed by atoms with Gasteiger partial charge in [-0.15, -0.1) is 0 Å². The molecule has 0 N–H and O–H groups in total. The Morgan fingerprint density at radius 3 is 2.19 bits per heavy atom. The van der Waals surface area contributed by atoms with Gasteiger partial charge < -0.3 is 4.90 Å². The summed E-state index contributed by atoms with van der Waals surface area (Å²) in [6, 6.07) is 6.97. The maximum Gasteiger partial charge on any atom is 0.246 e. The van der Waals surface area contributed by atoms with Crippen molar-refractivity contribution in [1.29, 1.82) is 0 Å². The highest BCUT2D eigenvalue weighted by Gasteiger charge is 2.37. The SMILES string of the molecule is Cc1ccc(S(=O)(=O)N2CCCN(C(=O)C=C(C3CC3)C3CC3)CC2)cc1. The van der Waals surface area contributed by atoms with Gasteiger partial charge in [0.15, 0.2) is 0 Å². The number of carbonyl (C=O) groups is 1. The predicted octanol–water partition coefficient (Wildman–Crippen LogP) is 2.96. The number of aryl methyl sites for hydroxylation is 1. The van der Waals surface area contributed by atoms with Crippen LogP contribution < -0.4 is 0 Å². The van der Waals surface area contributed by atoms with Crippen molar-refractivity contribution in [3.8, 4) is 0 Å². The topological polar surface area (TPSA) is 57.7 Å². The third-order valence-corrected chi connectivity index (χ3v) is 7.73. The lowest BCUT2D eigenvalue weighted by molar-refractivity contribution is -0.125. The predicted molar refractivity (Wildman–Crippen MR) is 105 cm³/mol. The van der Waals surface area contributed by atoms with Gasteiger partial charge in [0.25, 0.3) is 0 Å². The van der Waals surface area contributed by atoms with Crippen LogP contribution in [-0.2, 0) is 14.8 Å². The van der Waals surface area contributed by atoms with Crippen LogP contribution in [0.3, 0.4) is 0 Å². The molecule has 1 aliphatic heterocycles. The van der Waals surface area contributed by atoms with Gasteiger partial charge in [0.1, 0.15) is 0 Å². The summed E-state index contributed by atoms with van der Waals surface area (Å²) in [6.45, 7) is 3.84. The average Bonchev–Trinajstić information content (AvgIpc) is 3.52. The monoisotopic (exact) mass is 388 g/mol. The second-order valence-electron chi connectivity index (χ2n) is 8.09. The standard InChI is InChI=1S/C21H28N2O3S/c1-16-3-9-19(10-4-16)27(25,26)23-12-2-11-22(13-14-23)21(24)15-20(17-5-6-17)18-7-8-18/h3-4,9-10,15,17-18H,2,5-8,11-14H2,1H3. The number of nitrogens with zero attached hydrogens (tertiary/aromatic N) is 2. The Hall–Kier alpha value is -1.66. The van der Waals surface area contributed by atoms with Crippen molar-refractivity contribution in [2.24, 2.45) is 11.8 Å². The Morgan fingerprint density at radius 1 is 0.963 bits per heavy atom. The van der Waals surface area contributed by atoms with Crippen LogP contribution in [-0.4, -0.2) is 49.7 Å². The van der Waals surface area contributed by atoms with Crippen LogP contribution in [0, 0.1) is 18.8 Å². The molecular formula is C21H28N2O3S. The fourth-order valence-electron chi connectivity index (χ4n) is 3.85. The van der Waals surface area contributed by atoms with Crippen molar-refractivity contribution in [3.05, 3.63) is 41.5 Å². The minimum Gasteiger partial charge on any atom is -0.338 e. The summed E-state index contributed by atoms with van der Waals surface area (Å²) in [6.07, 6.45) is 7.43. The van der Waals surface area contributed by atoms with Gasteiger partial charge in [-0.25, -0.2) is 8.42 Å². The Kier molecular flexibility index (Phi) is 5.12. The van der Waals surface area contributed by atoms with Gasteiger partial charge in [-0.1, -0.05) is 23.3 Å². The Labute approximate surface area is 162 Å². The number of benzene rings is 1. The Morgan fingerprint density at radius 2 is 1.59 bits per heavy atom. The Bertz CT molecular complexity index is 823. The zero-order chi connectivity index (χ0) is 19.0. The summed E-state index contributed by atoms with van der Waals surface area (Å²) >= 11 is 0. The molecule has 1 aromatic rings. The summed E-state index contributed by atoms with van der Waals surface area (Å²) in [5.41, 5.74) is 2.39. The van der Waals surface area contributed by atoms with Crippen molar-refractivity contribution < 1.29 is 13.2 Å². The summed E-state index contributed by atoms with van der Waals surface area (Å²) in [5.74, 6) is 1.33. The molecule has 0 unspecified atom stereocenters. The number of amides is 1. The van der Waals surface area contributed by atoms with E-state index in [2.05, 4.69) is 0 Å². The maximum absolute atomic E-state index is 12.9. The molecule has 2 aliphatic carbocycles. The Balaban J connectivity index is 1.43. The first-order valence-electron chi connectivity index (χ1n) is 10.0. The molecule has 1 amide bonds. The van der Waals surface area contributed by atoms with Crippen LogP contribution >= 0.6 is 0 Å². The highest BCUT2D eigenvalue weighted by atomic mass is 32.2. The van der Waals surface area contributed by atoms with Gasteiger partial charge in [-0.05, 0) is 63.0 Å². The third kappa shape index (κ3) is 4.27. The molecule has 146 valence electrons. The van der Waals surface area contributed by atoms with Gasteiger partial charge >= 0.3 is 0 Å². The number of carbonyl (C=O) groups excluding carboxylic acids is 1. The van der Waals surface area contributed by atoms with E-state index in [1.54, 1.807) is 12.1 Å². The molecular weight excluding hydrogens is 360 g/mol. The van der Waals surface area contributed by atoms with Gasteiger partial charge in [-0.3, -0.25) is 4.79 Å². The highest BCUT2D eigenvalue weighted by Crippen LogP contribution is 2.48. The minimum absolute atomic E-state index is 0.0679. The molecule has 0 bridgehead atoms. The molecule has 0 aromatic heterocycles. The molecule has 1 saturated heterocycles. The van der Waals surface area contributed by atoms with Crippen molar-refractivity contribution in [2.75, 3.05) is 26.2 Å². The van der Waals surface area contributed by atoms with Gasteiger partial charge in [0.05, 0.1) is 4.90 Å². The number of rotatable bonds is 5. The smallest absolute Gasteiger partial charge is 0.246 e. The molecule has 3 fully saturated rings. The van der Waals surface area contributed by atoms with Crippen molar-refractivity contribution >= 4 is 15.9 Å². The molecule has 27 heavy (non-hydrogen) atoms. The molecule has 0 spiro atoms. The molecule has 0 radical (unpaired) electrons. The van der Waals surface area contributed by atoms with Crippen molar-refractivity contribution in [2.45, 2.75) is 43.9 Å². The first kappa shape index (κ1) is 18.7. The molecule has 5 nitrogen and oxygen atoms in total. The van der Waals surface area contributed by atoms with E-state index in [1.807, 2.05) is 30.0 Å². The number of sulfonamides is 1. The number of hydrogen-bond acceptors (Lipinski definition) is 3. The van der Waals surface area contributed by atoms with E-state index in [0.717, 1.165) is 5.56 Å². The molecule has 1 aromatic carbocycles. The van der Waals surface area contributed by atoms with Crippen LogP contribution in [0.1, 0.15) is 37.7 Å². The molecule has 0 atom stereocenters. The zero-order valence-corrected chi connectivity index (χ0v) is 16.7. The lowest BCUT2D eigenvalue weighted by Crippen LogP contribution is -2.37. The van der Waals surface area contributed by atoms with E-state index in [0.29, 0.717) is 49.3 Å². The van der Waals surface area contributed by atoms with Crippen LogP contribution in [0.2, 0.25) is 0 Å². The first-order valence-corrected chi connectivity index (χ1v) is 11.5. The van der Waals surface area contributed by atoms with E-state index in [1.165, 1.54) is 35.6 Å². The second kappa shape index (κ2) is 7.40. The summed E-state index contributed by atoms with van der Waals surface area (Å²) in [5, 5.41) is 0. The van der Waals surface area contributed by atoms with Crippen molar-refractivity contribution in [3.63, 3.8) is 0 Å².